The predicted molar refractivity (Wildman–Crippen MR) is 159 cm³/mol. The number of aliphatic hydroxyl groups is 1. The largest absolute Gasteiger partial charge is 0.508 e. The van der Waals surface area contributed by atoms with E-state index >= 15 is 0 Å². The molecule has 2 amide bonds. The van der Waals surface area contributed by atoms with Crippen LogP contribution in [0.4, 0.5) is 5.69 Å². The van der Waals surface area contributed by atoms with Crippen LogP contribution in [-0.4, -0.2) is 69.7 Å². The molecule has 2 aromatic rings. The summed E-state index contributed by atoms with van der Waals surface area (Å²) in [4.78, 5) is 52.0. The van der Waals surface area contributed by atoms with Crippen LogP contribution < -0.4 is 21.8 Å². The number of benzene rings is 2. The fraction of sp³-hybridized carbons (Fsp3) is 0.385. The number of aromatic hydroxyl groups is 1. The zero-order chi connectivity index (χ0) is 30.3. The molecule has 0 aliphatic carbocycles. The van der Waals surface area contributed by atoms with Crippen LogP contribution in [0.1, 0.15) is 53.4 Å². The molecule has 1 heterocycles. The van der Waals surface area contributed by atoms with Crippen LogP contribution in [0.3, 0.4) is 0 Å². The molecule has 1 unspecified atom stereocenters. The van der Waals surface area contributed by atoms with E-state index in [1.165, 1.54) is 23.2 Å². The molecule has 1 aliphatic rings. The standard InChI is InChI=1S/C26H32IN7O7/c1-26(2,40)17-4-14(10-27)3-15(5-17)21(9-23(37)38)32-22(36)12-29-24(39)16-6-18(8-20(35)7-16)31-25-30-11-19(33-41)13-34(25)28/h3-8,19,21,35,40H,9-13,28H2,1-2H3,(H,29,39)(H,30,31)(H,32,36)(H,37,38)/t19?,21-/m0/s1. The fourth-order valence-electron chi connectivity index (χ4n) is 4.06. The van der Waals surface area contributed by atoms with Crippen molar-refractivity contribution in [2.45, 2.75) is 42.4 Å². The number of nitrogens with one attached hydrogen (secondary N) is 3. The van der Waals surface area contributed by atoms with Gasteiger partial charge >= 0.3 is 5.97 Å². The minimum absolute atomic E-state index is 0.0272. The second-order valence-electron chi connectivity index (χ2n) is 10.0. The van der Waals surface area contributed by atoms with Crippen molar-refractivity contribution in [1.82, 2.24) is 15.6 Å². The smallest absolute Gasteiger partial charge is 0.305 e. The number of carbonyl (C=O) groups excluding carboxylic acids is 2. The maximum absolute atomic E-state index is 12.8. The van der Waals surface area contributed by atoms with Gasteiger partial charge < -0.3 is 31.3 Å². The minimum atomic E-state index is -1.18. The number of aliphatic carboxylic acids is 1. The van der Waals surface area contributed by atoms with E-state index in [0.29, 0.717) is 15.6 Å². The number of hydrogen-bond acceptors (Lipinski definition) is 11. The first-order valence-electron chi connectivity index (χ1n) is 12.5. The number of guanidine groups is 1. The van der Waals surface area contributed by atoms with Gasteiger partial charge in [0.1, 0.15) is 11.8 Å². The van der Waals surface area contributed by atoms with Gasteiger partial charge in [0.25, 0.3) is 5.91 Å². The predicted octanol–water partition coefficient (Wildman–Crippen LogP) is 1.71. The topological polar surface area (TPSA) is 219 Å². The van der Waals surface area contributed by atoms with Crippen molar-refractivity contribution in [2.75, 3.05) is 25.0 Å². The van der Waals surface area contributed by atoms with Gasteiger partial charge in [-0.1, -0.05) is 46.0 Å². The Morgan fingerprint density at radius 3 is 2.56 bits per heavy atom. The number of phenols is 1. The molecule has 0 bridgehead atoms. The highest BCUT2D eigenvalue weighted by Crippen LogP contribution is 2.28. The number of halogens is 1. The van der Waals surface area contributed by atoms with Crippen LogP contribution in [0.25, 0.3) is 0 Å². The van der Waals surface area contributed by atoms with Gasteiger partial charge in [-0.15, -0.1) is 0 Å². The lowest BCUT2D eigenvalue weighted by Gasteiger charge is -2.27. The first kappa shape index (κ1) is 31.7. The van der Waals surface area contributed by atoms with Gasteiger partial charge in [-0.2, -0.15) is 4.91 Å². The van der Waals surface area contributed by atoms with Crippen molar-refractivity contribution in [2.24, 2.45) is 16.0 Å². The van der Waals surface area contributed by atoms with E-state index in [2.05, 4.69) is 48.7 Å². The molecule has 3 rings (SSSR count). The summed E-state index contributed by atoms with van der Waals surface area (Å²) in [5, 5.41) is 42.2. The summed E-state index contributed by atoms with van der Waals surface area (Å²) >= 11 is 2.15. The van der Waals surface area contributed by atoms with E-state index in [4.69, 9.17) is 5.84 Å². The molecule has 0 spiro atoms. The molecule has 220 valence electrons. The van der Waals surface area contributed by atoms with Gasteiger partial charge in [-0.3, -0.25) is 19.4 Å². The van der Waals surface area contributed by atoms with Crippen molar-refractivity contribution in [3.8, 4) is 5.75 Å². The van der Waals surface area contributed by atoms with E-state index in [0.717, 1.165) is 5.56 Å². The SMILES string of the molecule is CC(C)(O)c1cc(CI)cc([C@H](CC(=O)O)NC(=O)CNC(=O)c2cc(O)cc(NC3=NCC(N=O)CN3N)c2)c1. The lowest BCUT2D eigenvalue weighted by molar-refractivity contribution is -0.137. The maximum atomic E-state index is 12.8. The number of nitroso groups, excluding NO2 is 1. The van der Waals surface area contributed by atoms with Crippen LogP contribution in [0.2, 0.25) is 0 Å². The Labute approximate surface area is 249 Å². The van der Waals surface area contributed by atoms with Crippen LogP contribution in [0.15, 0.2) is 46.6 Å². The average molecular weight is 681 g/mol. The van der Waals surface area contributed by atoms with Crippen LogP contribution in [-0.2, 0) is 19.6 Å². The Morgan fingerprint density at radius 1 is 1.22 bits per heavy atom. The van der Waals surface area contributed by atoms with Crippen LogP contribution in [0, 0.1) is 4.91 Å². The summed E-state index contributed by atoms with van der Waals surface area (Å²) in [5.74, 6) is 3.39. The van der Waals surface area contributed by atoms with Gasteiger partial charge in [0, 0.05) is 21.7 Å². The van der Waals surface area contributed by atoms with Gasteiger partial charge in [0.05, 0.1) is 37.7 Å². The average Bonchev–Trinajstić information content (AvgIpc) is 2.91. The third-order valence-corrected chi connectivity index (χ3v) is 7.00. The first-order chi connectivity index (χ1) is 19.3. The number of aliphatic imine (C=N–C) groups is 1. The van der Waals surface area contributed by atoms with E-state index < -0.39 is 48.4 Å². The zero-order valence-electron chi connectivity index (χ0n) is 22.4. The van der Waals surface area contributed by atoms with Crippen molar-refractivity contribution < 1.29 is 29.7 Å². The van der Waals surface area contributed by atoms with Crippen molar-refractivity contribution in [3.63, 3.8) is 0 Å². The Hall–Kier alpha value is -3.83. The Balaban J connectivity index is 1.70. The van der Waals surface area contributed by atoms with Crippen LogP contribution >= 0.6 is 22.6 Å². The molecular weight excluding hydrogens is 649 g/mol. The lowest BCUT2D eigenvalue weighted by Crippen LogP contribution is -2.49. The van der Waals surface area contributed by atoms with E-state index in [1.807, 2.05) is 6.07 Å². The molecule has 0 fully saturated rings. The molecule has 8 N–H and O–H groups in total. The number of amides is 2. The number of hydrogen-bond donors (Lipinski definition) is 7. The van der Waals surface area contributed by atoms with E-state index in [1.54, 1.807) is 26.0 Å². The number of alkyl halides is 1. The number of carboxylic acid groups (broad SMARTS) is 1. The summed E-state index contributed by atoms with van der Waals surface area (Å²) in [6.07, 6.45) is -0.414. The molecule has 0 saturated heterocycles. The molecular formula is C26H32IN7O7. The molecule has 0 radical (unpaired) electrons. The number of hydrazine groups is 1. The molecule has 2 atom stereocenters. The summed E-state index contributed by atoms with van der Waals surface area (Å²) in [7, 11) is 0. The molecule has 0 aromatic heterocycles. The van der Waals surface area contributed by atoms with E-state index in [9.17, 15) is 34.6 Å². The van der Waals surface area contributed by atoms with E-state index in [-0.39, 0.29) is 36.0 Å². The number of rotatable bonds is 11. The van der Waals surface area contributed by atoms with Crippen molar-refractivity contribution in [3.05, 3.63) is 63.6 Å². The zero-order valence-corrected chi connectivity index (χ0v) is 24.6. The number of nitrogens with two attached hydrogens (primary N) is 1. The Morgan fingerprint density at radius 2 is 1.95 bits per heavy atom. The van der Waals surface area contributed by atoms with Gasteiger partial charge in [-0.05, 0) is 42.7 Å². The van der Waals surface area contributed by atoms with Gasteiger partial charge in [0.15, 0.2) is 0 Å². The fourth-order valence-corrected chi connectivity index (χ4v) is 4.50. The Kier molecular flexibility index (Phi) is 10.6. The second-order valence-corrected chi connectivity index (χ2v) is 10.8. The maximum Gasteiger partial charge on any atom is 0.305 e. The third kappa shape index (κ3) is 9.09. The number of nitrogens with zero attached hydrogens (tertiary/aromatic N) is 3. The molecule has 1 aliphatic heterocycles. The molecule has 0 saturated carbocycles. The first-order valence-corrected chi connectivity index (χ1v) is 14.0. The summed E-state index contributed by atoms with van der Waals surface area (Å²) in [6, 6.07) is 7.69. The molecule has 15 heteroatoms. The molecule has 2 aromatic carbocycles. The normalized spacial score (nSPS) is 15.9. The molecule has 14 nitrogen and oxygen atoms in total. The second kappa shape index (κ2) is 13.7. The quantitative estimate of drug-likeness (QED) is 0.0788. The highest BCUT2D eigenvalue weighted by molar-refractivity contribution is 14.1. The third-order valence-electron chi connectivity index (χ3n) is 6.12. The Bertz CT molecular complexity index is 1350. The highest BCUT2D eigenvalue weighted by Gasteiger charge is 2.24. The number of anilines is 1. The van der Waals surface area contributed by atoms with Crippen molar-refractivity contribution >= 4 is 52.0 Å². The number of phenolic OH excluding ortho intramolecular Hbond substituents is 1. The number of carboxylic acids is 1. The summed E-state index contributed by atoms with van der Waals surface area (Å²) in [5.41, 5.74) is 1.06. The van der Waals surface area contributed by atoms with Gasteiger partial charge in [-0.25, -0.2) is 10.8 Å². The summed E-state index contributed by atoms with van der Waals surface area (Å²) in [6.45, 7) is 3.02. The minimum Gasteiger partial charge on any atom is -0.508 e. The highest BCUT2D eigenvalue weighted by atomic mass is 127. The van der Waals surface area contributed by atoms with Crippen LogP contribution in [0.5, 0.6) is 5.75 Å². The molecule has 41 heavy (non-hydrogen) atoms. The monoisotopic (exact) mass is 681 g/mol. The van der Waals surface area contributed by atoms with Crippen molar-refractivity contribution in [1.29, 1.82) is 0 Å². The summed E-state index contributed by atoms with van der Waals surface area (Å²) < 4.78 is 0.604. The number of carbonyl (C=O) groups is 3. The lowest BCUT2D eigenvalue weighted by atomic mass is 9.91. The van der Waals surface area contributed by atoms with Gasteiger partial charge in [0.2, 0.25) is 11.9 Å².